The van der Waals surface area contributed by atoms with Gasteiger partial charge >= 0.3 is 0 Å². The number of aromatic nitrogens is 1. The highest BCUT2D eigenvalue weighted by atomic mass is 19.1. The van der Waals surface area contributed by atoms with Crippen LogP contribution in [0.25, 0.3) is 10.9 Å². The molecule has 1 aromatic heterocycles. The molecule has 0 unspecified atom stereocenters. The fraction of sp³-hybridized carbons (Fsp3) is 0.364. The third-order valence-corrected chi connectivity index (χ3v) is 5.67. The summed E-state index contributed by atoms with van der Waals surface area (Å²) < 4.78 is 27.8. The van der Waals surface area contributed by atoms with E-state index in [1.807, 2.05) is 19.1 Å². The Morgan fingerprint density at radius 2 is 1.89 bits per heavy atom. The molecule has 0 radical (unpaired) electrons. The van der Waals surface area contributed by atoms with Gasteiger partial charge in [0.05, 0.1) is 5.69 Å². The zero-order valence-corrected chi connectivity index (χ0v) is 15.8. The second kappa shape index (κ2) is 7.31. The summed E-state index contributed by atoms with van der Waals surface area (Å²) in [6.07, 6.45) is 4.97. The van der Waals surface area contributed by atoms with Crippen LogP contribution in [0.2, 0.25) is 0 Å². The van der Waals surface area contributed by atoms with Crippen molar-refractivity contribution in [3.8, 4) is 0 Å². The summed E-state index contributed by atoms with van der Waals surface area (Å²) >= 11 is 0. The topological polar surface area (TPSA) is 31.1 Å². The quantitative estimate of drug-likeness (QED) is 0.631. The Morgan fingerprint density at radius 3 is 2.63 bits per heavy atom. The second-order valence-corrected chi connectivity index (χ2v) is 7.48. The maximum atomic E-state index is 14.1. The number of likely N-dealkylation sites (tertiary alicyclic amines) is 1. The number of hydrogen-bond donors (Lipinski definition) is 2. The van der Waals surface area contributed by atoms with E-state index in [1.54, 1.807) is 6.07 Å². The van der Waals surface area contributed by atoms with Gasteiger partial charge in [-0.1, -0.05) is 13.0 Å². The lowest BCUT2D eigenvalue weighted by molar-refractivity contribution is 0.256. The van der Waals surface area contributed by atoms with Gasteiger partial charge in [-0.05, 0) is 74.6 Å². The van der Waals surface area contributed by atoms with E-state index in [4.69, 9.17) is 0 Å². The molecule has 0 saturated carbocycles. The number of halogens is 2. The molecule has 4 rings (SSSR count). The van der Waals surface area contributed by atoms with Crippen molar-refractivity contribution in [3.05, 3.63) is 59.3 Å². The van der Waals surface area contributed by atoms with E-state index < -0.39 is 11.6 Å². The number of rotatable bonds is 4. The van der Waals surface area contributed by atoms with Crippen LogP contribution in [0.1, 0.15) is 36.8 Å². The van der Waals surface area contributed by atoms with E-state index in [0.29, 0.717) is 23.6 Å². The Bertz CT molecular complexity index is 956. The van der Waals surface area contributed by atoms with Gasteiger partial charge in [0, 0.05) is 28.9 Å². The molecule has 1 fully saturated rings. The first-order valence-electron chi connectivity index (χ1n) is 9.59. The van der Waals surface area contributed by atoms with Crippen LogP contribution in [0.5, 0.6) is 0 Å². The number of aromatic amines is 1. The van der Waals surface area contributed by atoms with Crippen LogP contribution in [0.4, 0.5) is 20.2 Å². The van der Waals surface area contributed by atoms with Gasteiger partial charge in [-0.2, -0.15) is 0 Å². The number of nitrogens with one attached hydrogen (secondary N) is 2. The fourth-order valence-electron chi connectivity index (χ4n) is 4.00. The maximum Gasteiger partial charge on any atom is 0.149 e. The van der Waals surface area contributed by atoms with Crippen molar-refractivity contribution in [1.29, 1.82) is 0 Å². The molecular weight excluding hydrogens is 344 g/mol. The first-order chi connectivity index (χ1) is 13.0. The molecule has 142 valence electrons. The molecule has 0 bridgehead atoms. The SMILES string of the molecule is CCc1cc(Nc2ccc3c(C4CCN(C)CC4)c[nH]c3c2)c(F)cc1F. The number of hydrogen-bond acceptors (Lipinski definition) is 2. The van der Waals surface area contributed by atoms with Crippen molar-refractivity contribution >= 4 is 22.3 Å². The van der Waals surface area contributed by atoms with E-state index in [2.05, 4.69) is 34.5 Å². The third-order valence-electron chi connectivity index (χ3n) is 5.67. The highest BCUT2D eigenvalue weighted by molar-refractivity contribution is 5.87. The number of piperidine rings is 1. The molecule has 2 heterocycles. The second-order valence-electron chi connectivity index (χ2n) is 7.48. The van der Waals surface area contributed by atoms with Gasteiger partial charge in [0.2, 0.25) is 0 Å². The van der Waals surface area contributed by atoms with Gasteiger partial charge in [-0.3, -0.25) is 0 Å². The fourth-order valence-corrected chi connectivity index (χ4v) is 4.00. The third kappa shape index (κ3) is 3.56. The molecular formula is C22H25F2N3. The van der Waals surface area contributed by atoms with Crippen molar-refractivity contribution in [2.75, 3.05) is 25.5 Å². The zero-order chi connectivity index (χ0) is 19.0. The summed E-state index contributed by atoms with van der Waals surface area (Å²) in [7, 11) is 2.17. The van der Waals surface area contributed by atoms with Crippen LogP contribution in [0, 0.1) is 11.6 Å². The molecule has 2 N–H and O–H groups in total. The Balaban J connectivity index is 1.60. The maximum absolute atomic E-state index is 14.1. The highest BCUT2D eigenvalue weighted by Crippen LogP contribution is 2.34. The summed E-state index contributed by atoms with van der Waals surface area (Å²) in [6.45, 7) is 4.11. The lowest BCUT2D eigenvalue weighted by Gasteiger charge is -2.28. The largest absolute Gasteiger partial charge is 0.361 e. The monoisotopic (exact) mass is 369 g/mol. The lowest BCUT2D eigenvalue weighted by Crippen LogP contribution is -2.29. The normalized spacial score (nSPS) is 16.1. The minimum atomic E-state index is -0.580. The van der Waals surface area contributed by atoms with Crippen LogP contribution in [0.3, 0.4) is 0 Å². The predicted octanol–water partition coefficient (Wildman–Crippen LogP) is 5.56. The molecule has 2 aromatic carbocycles. The summed E-state index contributed by atoms with van der Waals surface area (Å²) in [4.78, 5) is 5.73. The summed E-state index contributed by atoms with van der Waals surface area (Å²) in [6, 6.07) is 8.54. The van der Waals surface area contributed by atoms with E-state index in [-0.39, 0.29) is 0 Å². The van der Waals surface area contributed by atoms with Crippen molar-refractivity contribution in [1.82, 2.24) is 9.88 Å². The number of benzene rings is 2. The highest BCUT2D eigenvalue weighted by Gasteiger charge is 2.21. The molecule has 1 aliphatic heterocycles. The first-order valence-corrected chi connectivity index (χ1v) is 9.59. The van der Waals surface area contributed by atoms with Crippen LogP contribution in [-0.4, -0.2) is 30.0 Å². The standard InChI is InChI=1S/C22H25F2N3/c1-3-14-10-22(20(24)12-19(14)23)26-16-4-5-17-18(13-25-21(17)11-16)15-6-8-27(2)9-7-15/h4-5,10-13,15,25-26H,3,6-9H2,1-2H3. The Kier molecular flexibility index (Phi) is 4.87. The molecule has 0 amide bonds. The zero-order valence-electron chi connectivity index (χ0n) is 15.8. The Labute approximate surface area is 158 Å². The molecule has 0 spiro atoms. The van der Waals surface area contributed by atoms with Crippen LogP contribution in [0.15, 0.2) is 36.5 Å². The smallest absolute Gasteiger partial charge is 0.149 e. The van der Waals surface area contributed by atoms with Crippen molar-refractivity contribution < 1.29 is 8.78 Å². The van der Waals surface area contributed by atoms with E-state index >= 15 is 0 Å². The van der Waals surface area contributed by atoms with E-state index in [9.17, 15) is 8.78 Å². The van der Waals surface area contributed by atoms with Crippen molar-refractivity contribution in [2.24, 2.45) is 0 Å². The van der Waals surface area contributed by atoms with Gasteiger partial charge in [0.15, 0.2) is 0 Å². The molecule has 3 nitrogen and oxygen atoms in total. The van der Waals surface area contributed by atoms with Crippen LogP contribution < -0.4 is 5.32 Å². The van der Waals surface area contributed by atoms with Gasteiger partial charge in [-0.25, -0.2) is 8.78 Å². The van der Waals surface area contributed by atoms with Crippen molar-refractivity contribution in [2.45, 2.75) is 32.1 Å². The predicted molar refractivity (Wildman–Crippen MR) is 107 cm³/mol. The Hall–Kier alpha value is -2.40. The van der Waals surface area contributed by atoms with Crippen molar-refractivity contribution in [3.63, 3.8) is 0 Å². The molecule has 3 aromatic rings. The number of nitrogens with zero attached hydrogens (tertiary/aromatic N) is 1. The van der Waals surface area contributed by atoms with Gasteiger partial charge < -0.3 is 15.2 Å². The molecule has 1 saturated heterocycles. The molecule has 0 atom stereocenters. The number of anilines is 2. The lowest BCUT2D eigenvalue weighted by atomic mass is 9.89. The minimum Gasteiger partial charge on any atom is -0.361 e. The number of fused-ring (bicyclic) bond motifs is 1. The number of aryl methyl sites for hydroxylation is 1. The average molecular weight is 369 g/mol. The van der Waals surface area contributed by atoms with E-state index in [1.165, 1.54) is 23.8 Å². The average Bonchev–Trinajstić information content (AvgIpc) is 3.08. The van der Waals surface area contributed by atoms with Crippen LogP contribution in [-0.2, 0) is 6.42 Å². The summed E-state index contributed by atoms with van der Waals surface area (Å²) in [5, 5.41) is 4.32. The molecule has 1 aliphatic rings. The van der Waals surface area contributed by atoms with E-state index in [0.717, 1.165) is 30.4 Å². The molecule has 5 heteroatoms. The first kappa shape index (κ1) is 18.0. The summed E-state index contributed by atoms with van der Waals surface area (Å²) in [5.41, 5.74) is 3.99. The Morgan fingerprint density at radius 1 is 1.11 bits per heavy atom. The molecule has 27 heavy (non-hydrogen) atoms. The summed E-state index contributed by atoms with van der Waals surface area (Å²) in [5.74, 6) is -0.498. The van der Waals surface area contributed by atoms with Crippen LogP contribution >= 0.6 is 0 Å². The minimum absolute atomic E-state index is 0.301. The number of H-pyrrole nitrogens is 1. The van der Waals surface area contributed by atoms with Gasteiger partial charge in [0.25, 0.3) is 0 Å². The van der Waals surface area contributed by atoms with Gasteiger partial charge in [0.1, 0.15) is 11.6 Å². The van der Waals surface area contributed by atoms with Gasteiger partial charge in [-0.15, -0.1) is 0 Å². The molecule has 0 aliphatic carbocycles.